The SMILES string of the molecule is CN1CCC[C@H](N2C(=O)c3cccc(N)c3C2=O)C1. The zero-order valence-corrected chi connectivity index (χ0v) is 10.9. The number of hydrogen-bond donors (Lipinski definition) is 1. The first-order valence-electron chi connectivity index (χ1n) is 6.54. The van der Waals surface area contributed by atoms with Gasteiger partial charge in [-0.05, 0) is 38.6 Å². The van der Waals surface area contributed by atoms with Gasteiger partial charge >= 0.3 is 0 Å². The third-order valence-electron chi connectivity index (χ3n) is 3.94. The number of carbonyl (C=O) groups excluding carboxylic acids is 2. The Kier molecular flexibility index (Phi) is 2.78. The highest BCUT2D eigenvalue weighted by molar-refractivity contribution is 6.23. The molecule has 19 heavy (non-hydrogen) atoms. The summed E-state index contributed by atoms with van der Waals surface area (Å²) in [5.41, 5.74) is 7.04. The largest absolute Gasteiger partial charge is 0.398 e. The van der Waals surface area contributed by atoms with Crippen molar-refractivity contribution in [3.63, 3.8) is 0 Å². The van der Waals surface area contributed by atoms with Crippen LogP contribution in [0.15, 0.2) is 18.2 Å². The summed E-state index contributed by atoms with van der Waals surface area (Å²) in [6.45, 7) is 1.76. The van der Waals surface area contributed by atoms with Crippen LogP contribution in [0.3, 0.4) is 0 Å². The summed E-state index contributed by atoms with van der Waals surface area (Å²) in [5, 5.41) is 0. The Balaban J connectivity index is 1.96. The number of amides is 2. The molecule has 3 rings (SSSR count). The van der Waals surface area contributed by atoms with Crippen LogP contribution in [-0.4, -0.2) is 47.8 Å². The van der Waals surface area contributed by atoms with E-state index in [1.165, 1.54) is 4.90 Å². The van der Waals surface area contributed by atoms with Crippen molar-refractivity contribution in [3.8, 4) is 0 Å². The minimum absolute atomic E-state index is 0.0365. The van der Waals surface area contributed by atoms with Crippen LogP contribution in [0.5, 0.6) is 0 Å². The molecule has 2 aliphatic rings. The van der Waals surface area contributed by atoms with Gasteiger partial charge in [-0.3, -0.25) is 14.5 Å². The number of anilines is 1. The van der Waals surface area contributed by atoms with Crippen LogP contribution in [0.1, 0.15) is 33.6 Å². The number of hydrogen-bond acceptors (Lipinski definition) is 4. The molecule has 0 aliphatic carbocycles. The number of carbonyl (C=O) groups is 2. The first-order chi connectivity index (χ1) is 9.09. The molecule has 0 spiro atoms. The summed E-state index contributed by atoms with van der Waals surface area (Å²) >= 11 is 0. The fourth-order valence-electron chi connectivity index (χ4n) is 3.01. The molecule has 2 aliphatic heterocycles. The molecule has 1 aromatic rings. The molecule has 100 valence electrons. The Morgan fingerprint density at radius 3 is 2.74 bits per heavy atom. The molecule has 0 aromatic heterocycles. The maximum absolute atomic E-state index is 12.4. The maximum atomic E-state index is 12.4. The Bertz CT molecular complexity index is 556. The fourth-order valence-corrected chi connectivity index (χ4v) is 3.01. The van der Waals surface area contributed by atoms with Gasteiger partial charge < -0.3 is 10.6 Å². The minimum Gasteiger partial charge on any atom is -0.398 e. The number of piperidine rings is 1. The highest BCUT2D eigenvalue weighted by atomic mass is 16.2. The molecule has 0 saturated carbocycles. The monoisotopic (exact) mass is 259 g/mol. The topological polar surface area (TPSA) is 66.6 Å². The molecule has 1 atom stereocenters. The molecular weight excluding hydrogens is 242 g/mol. The zero-order valence-electron chi connectivity index (χ0n) is 10.9. The zero-order chi connectivity index (χ0) is 13.6. The second-order valence-electron chi connectivity index (χ2n) is 5.31. The lowest BCUT2D eigenvalue weighted by Crippen LogP contribution is -2.49. The first kappa shape index (κ1) is 12.2. The predicted octanol–water partition coefficient (Wildman–Crippen LogP) is 0.959. The normalized spacial score (nSPS) is 23.8. The summed E-state index contributed by atoms with van der Waals surface area (Å²) in [7, 11) is 2.01. The first-order valence-corrected chi connectivity index (χ1v) is 6.54. The molecule has 2 N–H and O–H groups in total. The number of benzene rings is 1. The molecule has 5 nitrogen and oxygen atoms in total. The highest BCUT2D eigenvalue weighted by Crippen LogP contribution is 2.31. The van der Waals surface area contributed by atoms with Gasteiger partial charge in [0.05, 0.1) is 17.2 Å². The van der Waals surface area contributed by atoms with Gasteiger partial charge in [0.2, 0.25) is 0 Å². The molecule has 2 amide bonds. The Morgan fingerprint density at radius 2 is 2.05 bits per heavy atom. The van der Waals surface area contributed by atoms with Crippen molar-refractivity contribution in [2.45, 2.75) is 18.9 Å². The number of likely N-dealkylation sites (N-methyl/N-ethyl adjacent to an activating group) is 1. The third kappa shape index (κ3) is 1.81. The number of likely N-dealkylation sites (tertiary alicyclic amines) is 1. The lowest BCUT2D eigenvalue weighted by Gasteiger charge is -2.34. The van der Waals surface area contributed by atoms with E-state index in [9.17, 15) is 9.59 Å². The van der Waals surface area contributed by atoms with E-state index in [1.807, 2.05) is 7.05 Å². The lowest BCUT2D eigenvalue weighted by atomic mass is 10.0. The molecule has 1 fully saturated rings. The van der Waals surface area contributed by atoms with Gasteiger partial charge in [0.1, 0.15) is 0 Å². The van der Waals surface area contributed by atoms with E-state index in [0.29, 0.717) is 16.8 Å². The predicted molar refractivity (Wildman–Crippen MR) is 71.9 cm³/mol. The number of fused-ring (bicyclic) bond motifs is 1. The maximum Gasteiger partial charge on any atom is 0.263 e. The Morgan fingerprint density at radius 1 is 1.26 bits per heavy atom. The van der Waals surface area contributed by atoms with E-state index in [0.717, 1.165) is 25.9 Å². The smallest absolute Gasteiger partial charge is 0.263 e. The van der Waals surface area contributed by atoms with Crippen LogP contribution in [0.4, 0.5) is 5.69 Å². The average molecular weight is 259 g/mol. The summed E-state index contributed by atoms with van der Waals surface area (Å²) in [4.78, 5) is 28.4. The van der Waals surface area contributed by atoms with Gasteiger partial charge in [-0.2, -0.15) is 0 Å². The van der Waals surface area contributed by atoms with Crippen LogP contribution in [0.25, 0.3) is 0 Å². The number of nitrogens with zero attached hydrogens (tertiary/aromatic N) is 2. The van der Waals surface area contributed by atoms with Gasteiger partial charge in [0.15, 0.2) is 0 Å². The molecular formula is C14H17N3O2. The van der Waals surface area contributed by atoms with E-state index in [4.69, 9.17) is 5.73 Å². The second kappa shape index (κ2) is 4.35. The number of nitrogen functional groups attached to an aromatic ring is 1. The summed E-state index contributed by atoms with van der Waals surface area (Å²) < 4.78 is 0. The van der Waals surface area contributed by atoms with Crippen LogP contribution in [-0.2, 0) is 0 Å². The molecule has 1 aromatic carbocycles. The standard InChI is InChI=1S/C14H17N3O2/c1-16-7-3-4-9(8-16)17-13(18)10-5-2-6-11(15)12(10)14(17)19/h2,5-6,9H,3-4,7-8,15H2,1H3/t9-/m0/s1. The van der Waals surface area contributed by atoms with Crippen LogP contribution in [0, 0.1) is 0 Å². The van der Waals surface area contributed by atoms with Crippen molar-refractivity contribution in [1.82, 2.24) is 9.80 Å². The summed E-state index contributed by atoms with van der Waals surface area (Å²) in [6.07, 6.45) is 1.87. The van der Waals surface area contributed by atoms with Crippen molar-refractivity contribution in [2.75, 3.05) is 25.9 Å². The van der Waals surface area contributed by atoms with E-state index in [-0.39, 0.29) is 17.9 Å². The van der Waals surface area contributed by atoms with E-state index in [2.05, 4.69) is 4.90 Å². The van der Waals surface area contributed by atoms with Gasteiger partial charge in [-0.1, -0.05) is 6.07 Å². The fraction of sp³-hybridized carbons (Fsp3) is 0.429. The van der Waals surface area contributed by atoms with Crippen LogP contribution < -0.4 is 5.73 Å². The van der Waals surface area contributed by atoms with Crippen molar-refractivity contribution in [3.05, 3.63) is 29.3 Å². The molecule has 1 saturated heterocycles. The van der Waals surface area contributed by atoms with Crippen LogP contribution in [0.2, 0.25) is 0 Å². The van der Waals surface area contributed by atoms with E-state index in [1.54, 1.807) is 18.2 Å². The van der Waals surface area contributed by atoms with Gasteiger partial charge in [0, 0.05) is 12.2 Å². The third-order valence-corrected chi connectivity index (χ3v) is 3.94. The average Bonchev–Trinajstić information content (AvgIpc) is 2.63. The van der Waals surface area contributed by atoms with E-state index >= 15 is 0 Å². The lowest BCUT2D eigenvalue weighted by molar-refractivity contribution is 0.0503. The number of imide groups is 1. The molecule has 2 heterocycles. The Labute approximate surface area is 112 Å². The van der Waals surface area contributed by atoms with Gasteiger partial charge in [-0.15, -0.1) is 0 Å². The van der Waals surface area contributed by atoms with Crippen molar-refractivity contribution >= 4 is 17.5 Å². The van der Waals surface area contributed by atoms with Gasteiger partial charge in [-0.25, -0.2) is 0 Å². The summed E-state index contributed by atoms with van der Waals surface area (Å²) in [5.74, 6) is -0.439. The van der Waals surface area contributed by atoms with Crippen molar-refractivity contribution in [2.24, 2.45) is 0 Å². The minimum atomic E-state index is -0.238. The molecule has 0 radical (unpaired) electrons. The number of nitrogens with two attached hydrogens (primary N) is 1. The van der Waals surface area contributed by atoms with Crippen LogP contribution >= 0.6 is 0 Å². The Hall–Kier alpha value is -1.88. The highest BCUT2D eigenvalue weighted by Gasteiger charge is 2.41. The quantitative estimate of drug-likeness (QED) is 0.602. The van der Waals surface area contributed by atoms with Gasteiger partial charge in [0.25, 0.3) is 11.8 Å². The van der Waals surface area contributed by atoms with Crippen molar-refractivity contribution < 1.29 is 9.59 Å². The van der Waals surface area contributed by atoms with Crippen molar-refractivity contribution in [1.29, 1.82) is 0 Å². The molecule has 0 unspecified atom stereocenters. The summed E-state index contributed by atoms with van der Waals surface area (Å²) in [6, 6.07) is 5.03. The molecule has 0 bridgehead atoms. The van der Waals surface area contributed by atoms with E-state index < -0.39 is 0 Å². The number of rotatable bonds is 1. The second-order valence-corrected chi connectivity index (χ2v) is 5.31. The molecule has 5 heteroatoms.